The van der Waals surface area contributed by atoms with Crippen LogP contribution in [0, 0.1) is 0 Å². The third kappa shape index (κ3) is 3.39. The normalized spacial score (nSPS) is 23.8. The number of aliphatic hydroxyl groups excluding tert-OH is 1. The summed E-state index contributed by atoms with van der Waals surface area (Å²) in [6.45, 7) is 0. The van der Waals surface area contributed by atoms with Crippen molar-refractivity contribution in [2.45, 2.75) is 12.2 Å². The minimum absolute atomic E-state index is 0.0522. The summed E-state index contributed by atoms with van der Waals surface area (Å²) in [4.78, 5) is 11.2. The van der Waals surface area contributed by atoms with Gasteiger partial charge in [0, 0.05) is 11.1 Å². The molecule has 2 N–H and O–H groups in total. The third-order valence-electron chi connectivity index (χ3n) is 3.01. The number of sulfone groups is 1. The van der Waals surface area contributed by atoms with Crippen LogP contribution in [0.3, 0.4) is 0 Å². The van der Waals surface area contributed by atoms with Crippen LogP contribution >= 0.6 is 11.6 Å². The van der Waals surface area contributed by atoms with E-state index in [4.69, 9.17) is 21.1 Å². The van der Waals surface area contributed by atoms with Crippen LogP contribution in [0.2, 0.25) is 5.02 Å². The molecule has 1 heterocycles. The number of halogens is 1. The zero-order chi connectivity index (χ0) is 15.8. The van der Waals surface area contributed by atoms with Gasteiger partial charge in [0.1, 0.15) is 17.8 Å². The highest BCUT2D eigenvalue weighted by atomic mass is 35.5. The maximum absolute atomic E-state index is 11.5. The summed E-state index contributed by atoms with van der Waals surface area (Å²) in [5.74, 6) is -2.22. The fraction of sp³-hybridized carbons (Fsp3) is 0.417. The maximum atomic E-state index is 11.5. The summed E-state index contributed by atoms with van der Waals surface area (Å²) in [7, 11) is -2.12. The number of ether oxygens (including phenoxy) is 2. The quantitative estimate of drug-likeness (QED) is 0.827. The Morgan fingerprint density at radius 2 is 2.05 bits per heavy atom. The SMILES string of the molecule is COc1cc(Cl)cc(C(=O)O)c1OC1CS(=O)(=O)CC1O. The molecule has 9 heteroatoms. The van der Waals surface area contributed by atoms with E-state index in [0.717, 1.165) is 6.07 Å². The van der Waals surface area contributed by atoms with Gasteiger partial charge >= 0.3 is 5.97 Å². The zero-order valence-corrected chi connectivity index (χ0v) is 12.5. The fourth-order valence-corrected chi connectivity index (χ4v) is 3.93. The van der Waals surface area contributed by atoms with Crippen LogP contribution in [0.25, 0.3) is 0 Å². The second-order valence-electron chi connectivity index (χ2n) is 4.59. The van der Waals surface area contributed by atoms with E-state index in [-0.39, 0.29) is 27.8 Å². The Hall–Kier alpha value is -1.51. The molecule has 2 atom stereocenters. The van der Waals surface area contributed by atoms with Crippen LogP contribution in [0.5, 0.6) is 11.5 Å². The van der Waals surface area contributed by atoms with E-state index in [1.54, 1.807) is 0 Å². The number of carbonyl (C=O) groups is 1. The molecule has 1 aliphatic heterocycles. The summed E-state index contributed by atoms with van der Waals surface area (Å²) >= 11 is 5.79. The first-order chi connectivity index (χ1) is 9.73. The molecule has 0 amide bonds. The lowest BCUT2D eigenvalue weighted by atomic mass is 10.1. The number of carboxylic acid groups (broad SMARTS) is 1. The molecule has 21 heavy (non-hydrogen) atoms. The van der Waals surface area contributed by atoms with Crippen LogP contribution in [0.15, 0.2) is 12.1 Å². The molecule has 0 bridgehead atoms. The summed E-state index contributed by atoms with van der Waals surface area (Å²) in [5, 5.41) is 19.0. The van der Waals surface area contributed by atoms with E-state index in [9.17, 15) is 23.4 Å². The number of carboxylic acids is 1. The average molecular weight is 337 g/mol. The number of benzene rings is 1. The van der Waals surface area contributed by atoms with Crippen LogP contribution in [0.4, 0.5) is 0 Å². The van der Waals surface area contributed by atoms with E-state index in [1.807, 2.05) is 0 Å². The minimum Gasteiger partial charge on any atom is -0.493 e. The van der Waals surface area contributed by atoms with Gasteiger partial charge in [-0.15, -0.1) is 0 Å². The lowest BCUT2D eigenvalue weighted by Gasteiger charge is -2.19. The summed E-state index contributed by atoms with van der Waals surface area (Å²) < 4.78 is 33.3. The molecule has 1 aromatic rings. The van der Waals surface area contributed by atoms with Gasteiger partial charge in [-0.3, -0.25) is 0 Å². The van der Waals surface area contributed by atoms with Gasteiger partial charge in [0.2, 0.25) is 0 Å². The maximum Gasteiger partial charge on any atom is 0.339 e. The Morgan fingerprint density at radius 1 is 1.38 bits per heavy atom. The molecule has 1 saturated heterocycles. The van der Waals surface area contributed by atoms with Crippen molar-refractivity contribution in [1.82, 2.24) is 0 Å². The first-order valence-corrected chi connectivity index (χ1v) is 8.09. The molecule has 7 nitrogen and oxygen atoms in total. The molecule has 0 radical (unpaired) electrons. The highest BCUT2D eigenvalue weighted by Crippen LogP contribution is 2.36. The lowest BCUT2D eigenvalue weighted by molar-refractivity contribution is 0.0625. The molecular weight excluding hydrogens is 324 g/mol. The van der Waals surface area contributed by atoms with Gasteiger partial charge in [0.05, 0.1) is 18.6 Å². The number of aliphatic hydroxyl groups is 1. The van der Waals surface area contributed by atoms with Crippen molar-refractivity contribution in [3.8, 4) is 11.5 Å². The van der Waals surface area contributed by atoms with Crippen LogP contribution < -0.4 is 9.47 Å². The van der Waals surface area contributed by atoms with Crippen molar-refractivity contribution in [3.63, 3.8) is 0 Å². The Morgan fingerprint density at radius 3 is 2.52 bits per heavy atom. The topological polar surface area (TPSA) is 110 Å². The molecular formula is C12H13ClO7S. The second-order valence-corrected chi connectivity index (χ2v) is 7.18. The second kappa shape index (κ2) is 5.70. The Labute approximate surface area is 126 Å². The predicted molar refractivity (Wildman–Crippen MR) is 74.0 cm³/mol. The molecule has 116 valence electrons. The monoisotopic (exact) mass is 336 g/mol. The number of hydrogen-bond donors (Lipinski definition) is 2. The zero-order valence-electron chi connectivity index (χ0n) is 10.9. The molecule has 0 saturated carbocycles. The van der Waals surface area contributed by atoms with Crippen molar-refractivity contribution in [2.24, 2.45) is 0 Å². The molecule has 2 rings (SSSR count). The Bertz CT molecular complexity index is 670. The minimum atomic E-state index is -3.41. The number of rotatable bonds is 4. The molecule has 0 aromatic heterocycles. The van der Waals surface area contributed by atoms with Crippen LogP contribution in [0.1, 0.15) is 10.4 Å². The van der Waals surface area contributed by atoms with Crippen molar-refractivity contribution < 1.29 is 32.9 Å². The molecule has 0 spiro atoms. The molecule has 1 aliphatic rings. The third-order valence-corrected chi connectivity index (χ3v) is 4.92. The van der Waals surface area contributed by atoms with Gasteiger partial charge < -0.3 is 19.7 Å². The highest BCUT2D eigenvalue weighted by Gasteiger charge is 2.39. The molecule has 0 aliphatic carbocycles. The van der Waals surface area contributed by atoms with Crippen molar-refractivity contribution in [2.75, 3.05) is 18.6 Å². The smallest absolute Gasteiger partial charge is 0.339 e. The summed E-state index contributed by atoms with van der Waals surface area (Å²) in [6, 6.07) is 2.51. The molecule has 1 aromatic carbocycles. The van der Waals surface area contributed by atoms with E-state index < -0.39 is 33.8 Å². The number of methoxy groups -OCH3 is 1. The lowest BCUT2D eigenvalue weighted by Crippen LogP contribution is -2.30. The van der Waals surface area contributed by atoms with Crippen molar-refractivity contribution >= 4 is 27.4 Å². The first-order valence-electron chi connectivity index (χ1n) is 5.89. The van der Waals surface area contributed by atoms with E-state index in [2.05, 4.69) is 0 Å². The predicted octanol–water partition coefficient (Wildman–Crippen LogP) is 0.583. The fourth-order valence-electron chi connectivity index (χ4n) is 2.06. The highest BCUT2D eigenvalue weighted by molar-refractivity contribution is 7.91. The number of aromatic carboxylic acids is 1. The van der Waals surface area contributed by atoms with Crippen molar-refractivity contribution in [3.05, 3.63) is 22.7 Å². The van der Waals surface area contributed by atoms with E-state index in [1.165, 1.54) is 13.2 Å². The first kappa shape index (κ1) is 15.9. The Balaban J connectivity index is 2.41. The van der Waals surface area contributed by atoms with Gasteiger partial charge in [-0.2, -0.15) is 0 Å². The van der Waals surface area contributed by atoms with Gasteiger partial charge in [-0.1, -0.05) is 11.6 Å². The number of hydrogen-bond acceptors (Lipinski definition) is 6. The van der Waals surface area contributed by atoms with Gasteiger partial charge in [-0.05, 0) is 6.07 Å². The van der Waals surface area contributed by atoms with Crippen molar-refractivity contribution in [1.29, 1.82) is 0 Å². The molecule has 2 unspecified atom stereocenters. The Kier molecular flexibility index (Phi) is 4.31. The van der Waals surface area contributed by atoms with Gasteiger partial charge in [0.15, 0.2) is 21.3 Å². The standard InChI is InChI=1S/C12H13ClO7S/c1-19-9-3-6(13)2-7(12(15)16)11(9)20-10-5-21(17,18)4-8(10)14/h2-3,8,10,14H,4-5H2,1H3,(H,15,16). The van der Waals surface area contributed by atoms with E-state index >= 15 is 0 Å². The van der Waals surface area contributed by atoms with Crippen LogP contribution in [-0.2, 0) is 9.84 Å². The summed E-state index contributed by atoms with van der Waals surface area (Å²) in [5.41, 5.74) is -0.268. The average Bonchev–Trinajstić information content (AvgIpc) is 2.63. The van der Waals surface area contributed by atoms with E-state index in [0.29, 0.717) is 0 Å². The van der Waals surface area contributed by atoms with Gasteiger partial charge in [-0.25, -0.2) is 13.2 Å². The molecule has 1 fully saturated rings. The largest absolute Gasteiger partial charge is 0.493 e. The van der Waals surface area contributed by atoms with Gasteiger partial charge in [0.25, 0.3) is 0 Å². The van der Waals surface area contributed by atoms with Crippen LogP contribution in [-0.4, -0.2) is 55.4 Å². The summed E-state index contributed by atoms with van der Waals surface area (Å²) in [6.07, 6.45) is -2.28.